The lowest BCUT2D eigenvalue weighted by Crippen LogP contribution is -2.27. The Labute approximate surface area is 214 Å². The van der Waals surface area contributed by atoms with E-state index in [4.69, 9.17) is 21.1 Å². The first-order chi connectivity index (χ1) is 17.5. The maximum Gasteiger partial charge on any atom is 0.255 e. The second-order valence-electron chi connectivity index (χ2n) is 7.92. The number of carbonyl (C=O) groups excluding carboxylic acids is 2. The summed E-state index contributed by atoms with van der Waals surface area (Å²) >= 11 is 6.18. The number of nitrogens with one attached hydrogen (secondary N) is 2. The van der Waals surface area contributed by atoms with Crippen molar-refractivity contribution in [2.75, 3.05) is 19.0 Å². The lowest BCUT2D eigenvalue weighted by Gasteiger charge is -2.14. The molecule has 0 aliphatic rings. The molecule has 0 spiro atoms. The van der Waals surface area contributed by atoms with Crippen molar-refractivity contribution in [1.29, 1.82) is 0 Å². The van der Waals surface area contributed by atoms with E-state index in [0.717, 1.165) is 5.56 Å². The molecule has 2 amide bonds. The lowest BCUT2D eigenvalue weighted by molar-refractivity contribution is 0.0954. The van der Waals surface area contributed by atoms with Gasteiger partial charge in [0.15, 0.2) is 0 Å². The molecule has 0 radical (unpaired) electrons. The van der Waals surface area contributed by atoms with Gasteiger partial charge >= 0.3 is 0 Å². The van der Waals surface area contributed by atoms with Gasteiger partial charge in [-0.2, -0.15) is 0 Å². The van der Waals surface area contributed by atoms with Gasteiger partial charge in [0.25, 0.3) is 11.8 Å². The van der Waals surface area contributed by atoms with Crippen molar-refractivity contribution < 1.29 is 19.1 Å². The predicted octanol–water partition coefficient (Wildman–Crippen LogP) is 6.37. The van der Waals surface area contributed by atoms with E-state index in [1.165, 1.54) is 13.2 Å². The summed E-state index contributed by atoms with van der Waals surface area (Å²) in [6.45, 7) is 0.439. The summed E-state index contributed by atoms with van der Waals surface area (Å²) in [6.07, 6.45) is 0.679. The Balaban J connectivity index is 1.55. The minimum Gasteiger partial charge on any atom is -0.495 e. The molecule has 4 aromatic rings. The van der Waals surface area contributed by atoms with Crippen LogP contribution in [0, 0.1) is 0 Å². The Morgan fingerprint density at radius 3 is 2.22 bits per heavy atom. The normalized spacial score (nSPS) is 10.4. The zero-order chi connectivity index (χ0) is 25.3. The van der Waals surface area contributed by atoms with E-state index in [1.54, 1.807) is 30.3 Å². The fourth-order valence-electron chi connectivity index (χ4n) is 3.57. The average molecular weight is 501 g/mol. The smallest absolute Gasteiger partial charge is 0.255 e. The number of benzene rings is 4. The van der Waals surface area contributed by atoms with Gasteiger partial charge in [0.2, 0.25) is 0 Å². The van der Waals surface area contributed by atoms with Crippen LogP contribution in [0.15, 0.2) is 97.1 Å². The maximum atomic E-state index is 13.2. The van der Waals surface area contributed by atoms with Gasteiger partial charge in [-0.3, -0.25) is 9.59 Å². The molecular weight excluding hydrogens is 476 g/mol. The molecule has 0 aliphatic carbocycles. The number of hydrogen-bond acceptors (Lipinski definition) is 4. The third-order valence-electron chi connectivity index (χ3n) is 5.42. The van der Waals surface area contributed by atoms with Crippen LogP contribution in [-0.2, 0) is 6.42 Å². The van der Waals surface area contributed by atoms with E-state index in [-0.39, 0.29) is 11.5 Å². The molecule has 2 N–H and O–H groups in total. The standard InChI is InChI=1S/C29H25ClN2O4/c1-35-27-15-12-21(18-25(27)30)28(33)32-26-14-13-23(36-22-10-6-3-7-11-22)19-24(26)29(34)31-17-16-20-8-4-2-5-9-20/h2-15,18-19H,16-17H2,1H3,(H,31,34)(H,32,33). The highest BCUT2D eigenvalue weighted by Crippen LogP contribution is 2.28. The van der Waals surface area contributed by atoms with Gasteiger partial charge in [-0.25, -0.2) is 0 Å². The summed E-state index contributed by atoms with van der Waals surface area (Å²) in [7, 11) is 1.50. The van der Waals surface area contributed by atoms with E-state index in [1.807, 2.05) is 60.7 Å². The quantitative estimate of drug-likeness (QED) is 0.280. The molecule has 0 aromatic heterocycles. The fraction of sp³-hybridized carbons (Fsp3) is 0.103. The molecule has 0 saturated heterocycles. The molecule has 36 heavy (non-hydrogen) atoms. The first-order valence-electron chi connectivity index (χ1n) is 11.4. The largest absolute Gasteiger partial charge is 0.495 e. The van der Waals surface area contributed by atoms with Crippen LogP contribution in [0.3, 0.4) is 0 Å². The fourth-order valence-corrected chi connectivity index (χ4v) is 3.83. The lowest BCUT2D eigenvalue weighted by atomic mass is 10.1. The molecule has 0 fully saturated rings. The summed E-state index contributed by atoms with van der Waals surface area (Å²) in [4.78, 5) is 26.1. The second-order valence-corrected chi connectivity index (χ2v) is 8.32. The molecule has 0 atom stereocenters. The number of amides is 2. The Bertz CT molecular complexity index is 1340. The van der Waals surface area contributed by atoms with Gasteiger partial charge in [-0.1, -0.05) is 60.1 Å². The van der Waals surface area contributed by atoms with Crippen molar-refractivity contribution in [3.63, 3.8) is 0 Å². The highest BCUT2D eigenvalue weighted by molar-refractivity contribution is 6.32. The van der Waals surface area contributed by atoms with Crippen LogP contribution < -0.4 is 20.1 Å². The molecule has 4 aromatic carbocycles. The number of ether oxygens (including phenoxy) is 2. The zero-order valence-corrected chi connectivity index (χ0v) is 20.4. The number of carbonyl (C=O) groups is 2. The van der Waals surface area contributed by atoms with Crippen LogP contribution in [0.1, 0.15) is 26.3 Å². The molecule has 6 nitrogen and oxygen atoms in total. The molecule has 0 heterocycles. The number of para-hydroxylation sites is 1. The molecule has 0 bridgehead atoms. The minimum atomic E-state index is -0.408. The number of rotatable bonds is 9. The summed E-state index contributed by atoms with van der Waals surface area (Å²) in [6, 6.07) is 28.8. The molecule has 7 heteroatoms. The van der Waals surface area contributed by atoms with Gasteiger partial charge in [-0.15, -0.1) is 0 Å². The van der Waals surface area contributed by atoms with Crippen LogP contribution in [-0.4, -0.2) is 25.5 Å². The highest BCUT2D eigenvalue weighted by atomic mass is 35.5. The Morgan fingerprint density at radius 2 is 1.53 bits per heavy atom. The topological polar surface area (TPSA) is 76.7 Å². The van der Waals surface area contributed by atoms with Crippen molar-refractivity contribution >= 4 is 29.1 Å². The molecule has 4 rings (SSSR count). The summed E-state index contributed by atoms with van der Waals surface area (Å²) in [5.74, 6) is 0.841. The van der Waals surface area contributed by atoms with Crippen molar-refractivity contribution in [2.24, 2.45) is 0 Å². The number of hydrogen-bond donors (Lipinski definition) is 2. The monoisotopic (exact) mass is 500 g/mol. The Kier molecular flexibility index (Phi) is 8.21. The Morgan fingerprint density at radius 1 is 0.806 bits per heavy atom. The van der Waals surface area contributed by atoms with Gasteiger partial charge in [-0.05, 0) is 60.5 Å². The minimum absolute atomic E-state index is 0.282. The van der Waals surface area contributed by atoms with E-state index in [2.05, 4.69) is 10.6 Å². The van der Waals surface area contributed by atoms with Gasteiger partial charge in [0.05, 0.1) is 23.4 Å². The van der Waals surface area contributed by atoms with E-state index < -0.39 is 5.91 Å². The van der Waals surface area contributed by atoms with Crippen LogP contribution in [0.25, 0.3) is 0 Å². The third-order valence-corrected chi connectivity index (χ3v) is 5.71. The summed E-state index contributed by atoms with van der Waals surface area (Å²) in [5, 5.41) is 6.06. The zero-order valence-electron chi connectivity index (χ0n) is 19.7. The number of halogens is 1. The number of anilines is 1. The first-order valence-corrected chi connectivity index (χ1v) is 11.8. The molecule has 182 valence electrons. The molecule has 0 unspecified atom stereocenters. The third kappa shape index (κ3) is 6.43. The molecular formula is C29H25ClN2O4. The van der Waals surface area contributed by atoms with Crippen molar-refractivity contribution in [1.82, 2.24) is 5.32 Å². The summed E-state index contributed by atoms with van der Waals surface area (Å²) < 4.78 is 11.1. The molecule has 0 saturated carbocycles. The average Bonchev–Trinajstić information content (AvgIpc) is 2.90. The van der Waals surface area contributed by atoms with Crippen molar-refractivity contribution in [3.8, 4) is 17.2 Å². The van der Waals surface area contributed by atoms with E-state index in [9.17, 15) is 9.59 Å². The summed E-state index contributed by atoms with van der Waals surface area (Å²) in [5.41, 5.74) is 2.08. The van der Waals surface area contributed by atoms with Crippen LogP contribution in [0.4, 0.5) is 5.69 Å². The van der Waals surface area contributed by atoms with Crippen LogP contribution in [0.5, 0.6) is 17.2 Å². The highest BCUT2D eigenvalue weighted by Gasteiger charge is 2.17. The predicted molar refractivity (Wildman–Crippen MR) is 141 cm³/mol. The van der Waals surface area contributed by atoms with Crippen LogP contribution in [0.2, 0.25) is 5.02 Å². The van der Waals surface area contributed by atoms with Gasteiger partial charge < -0.3 is 20.1 Å². The number of methoxy groups -OCH3 is 1. The van der Waals surface area contributed by atoms with Crippen molar-refractivity contribution in [3.05, 3.63) is 119 Å². The van der Waals surface area contributed by atoms with Gasteiger partial charge in [0.1, 0.15) is 17.2 Å². The first kappa shape index (κ1) is 24.8. The van der Waals surface area contributed by atoms with Gasteiger partial charge in [0, 0.05) is 12.1 Å². The van der Waals surface area contributed by atoms with E-state index >= 15 is 0 Å². The Hall–Kier alpha value is -4.29. The van der Waals surface area contributed by atoms with Crippen molar-refractivity contribution in [2.45, 2.75) is 6.42 Å². The second kappa shape index (κ2) is 11.9. The van der Waals surface area contributed by atoms with Crippen LogP contribution >= 0.6 is 11.6 Å². The maximum absolute atomic E-state index is 13.2. The molecule has 0 aliphatic heterocycles. The van der Waals surface area contributed by atoms with E-state index in [0.29, 0.717) is 46.5 Å². The SMILES string of the molecule is COc1ccc(C(=O)Nc2ccc(Oc3ccccc3)cc2C(=O)NCCc2ccccc2)cc1Cl.